The summed E-state index contributed by atoms with van der Waals surface area (Å²) < 4.78 is 26.0. The Bertz CT molecular complexity index is 539. The molecule has 1 heterocycles. The maximum absolute atomic E-state index is 14.5. The normalized spacial score (nSPS) is 24.4. The highest BCUT2D eigenvalue weighted by Gasteiger charge is 2.53. The highest BCUT2D eigenvalue weighted by atomic mass is 19.1. The Morgan fingerprint density at radius 1 is 1.10 bits per heavy atom. The van der Waals surface area contributed by atoms with Crippen molar-refractivity contribution in [3.8, 4) is 0 Å². The average Bonchev–Trinajstić information content (AvgIpc) is 2.87. The lowest BCUT2D eigenvalue weighted by molar-refractivity contribution is 0.00578. The molecular weight excluding hydrogens is 266 g/mol. The van der Waals surface area contributed by atoms with Crippen LogP contribution in [0.1, 0.15) is 38.8 Å². The summed E-state index contributed by atoms with van der Waals surface area (Å²) in [7, 11) is -0.876. The Labute approximate surface area is 126 Å². The van der Waals surface area contributed by atoms with E-state index >= 15 is 0 Å². The van der Waals surface area contributed by atoms with Gasteiger partial charge in [0.2, 0.25) is 0 Å². The number of allylic oxidation sites excluding steroid dienone is 1. The molecule has 0 spiro atoms. The maximum Gasteiger partial charge on any atom is 0.524 e. The number of benzene rings is 1. The van der Waals surface area contributed by atoms with Gasteiger partial charge in [0.15, 0.2) is 0 Å². The number of rotatable bonds is 2. The first-order valence-electron chi connectivity index (χ1n) is 7.58. The largest absolute Gasteiger partial charge is 0.524 e. The summed E-state index contributed by atoms with van der Waals surface area (Å²) in [5.41, 5.74) is 1.34. The van der Waals surface area contributed by atoms with Crippen LogP contribution in [0.3, 0.4) is 0 Å². The molecule has 0 radical (unpaired) electrons. The Balaban J connectivity index is 1.72. The molecule has 0 bridgehead atoms. The molecule has 2 nitrogen and oxygen atoms in total. The molecule has 0 saturated carbocycles. The van der Waals surface area contributed by atoms with E-state index in [9.17, 15) is 4.39 Å². The first-order valence-corrected chi connectivity index (χ1v) is 7.58. The highest BCUT2D eigenvalue weighted by molar-refractivity contribution is 6.53. The Hall–Kier alpha value is -1.13. The smallest absolute Gasteiger partial charge is 0.398 e. The summed E-state index contributed by atoms with van der Waals surface area (Å²) in [6, 6.07) is 8.32. The molecule has 1 fully saturated rings. The van der Waals surface area contributed by atoms with Crippen molar-refractivity contribution in [2.45, 2.75) is 51.7 Å². The van der Waals surface area contributed by atoms with Crippen molar-refractivity contribution in [2.75, 3.05) is 0 Å². The molecule has 0 aromatic heterocycles. The molecule has 0 amide bonds. The Morgan fingerprint density at radius 3 is 2.05 bits per heavy atom. The van der Waals surface area contributed by atoms with Gasteiger partial charge in [-0.25, -0.2) is 4.39 Å². The van der Waals surface area contributed by atoms with Gasteiger partial charge in [0.05, 0.1) is 11.2 Å². The summed E-state index contributed by atoms with van der Waals surface area (Å²) in [4.78, 5) is 0. The van der Waals surface area contributed by atoms with Gasteiger partial charge in [-0.05, 0) is 57.6 Å². The molecule has 0 atom stereocenters. The molecule has 1 aliphatic heterocycles. The van der Waals surface area contributed by atoms with E-state index in [4.69, 9.17) is 9.31 Å². The minimum atomic E-state index is -0.876. The number of hydrogen-bond donors (Lipinski definition) is 0. The van der Waals surface area contributed by atoms with Gasteiger partial charge < -0.3 is 9.31 Å². The minimum absolute atomic E-state index is 0.196. The van der Waals surface area contributed by atoms with Crippen LogP contribution in [-0.2, 0) is 22.2 Å². The van der Waals surface area contributed by atoms with Gasteiger partial charge in [-0.3, -0.25) is 0 Å². The third kappa shape index (κ3) is 2.67. The average molecular weight is 288 g/mol. The maximum atomic E-state index is 14.5. The quantitative estimate of drug-likeness (QED) is 0.769. The lowest BCUT2D eigenvalue weighted by Gasteiger charge is -2.32. The monoisotopic (exact) mass is 288 g/mol. The van der Waals surface area contributed by atoms with E-state index in [0.717, 1.165) is 12.8 Å². The van der Waals surface area contributed by atoms with Crippen molar-refractivity contribution in [3.63, 3.8) is 0 Å². The van der Waals surface area contributed by atoms with Crippen molar-refractivity contribution in [1.82, 2.24) is 0 Å². The van der Waals surface area contributed by atoms with E-state index in [0.29, 0.717) is 0 Å². The lowest BCUT2D eigenvalue weighted by atomic mass is 9.85. The van der Waals surface area contributed by atoms with Crippen LogP contribution in [-0.4, -0.2) is 18.3 Å². The molecule has 1 aliphatic carbocycles. The third-order valence-corrected chi connectivity index (χ3v) is 4.96. The van der Waals surface area contributed by atoms with Crippen LogP contribution >= 0.6 is 0 Å². The van der Waals surface area contributed by atoms with Gasteiger partial charge in [0, 0.05) is 0 Å². The van der Waals surface area contributed by atoms with Crippen molar-refractivity contribution in [1.29, 1.82) is 0 Å². The fourth-order valence-corrected chi connectivity index (χ4v) is 2.97. The fraction of sp³-hybridized carbons (Fsp3) is 0.529. The van der Waals surface area contributed by atoms with Crippen molar-refractivity contribution >= 4 is 7.12 Å². The molecule has 0 N–H and O–H groups in total. The van der Waals surface area contributed by atoms with E-state index < -0.39 is 18.3 Å². The summed E-state index contributed by atoms with van der Waals surface area (Å²) in [5.74, 6) is 0.196. The van der Waals surface area contributed by atoms with Crippen LogP contribution in [0.2, 0.25) is 0 Å². The predicted octanol–water partition coefficient (Wildman–Crippen LogP) is 3.89. The van der Waals surface area contributed by atoms with E-state index in [1.807, 2.05) is 39.8 Å². The molecule has 1 aromatic rings. The van der Waals surface area contributed by atoms with Crippen LogP contribution in [0.25, 0.3) is 0 Å². The van der Waals surface area contributed by atoms with Gasteiger partial charge in [0.25, 0.3) is 0 Å². The zero-order chi connectivity index (χ0) is 15.3. The van der Waals surface area contributed by atoms with Crippen LogP contribution in [0, 0.1) is 5.92 Å². The van der Waals surface area contributed by atoms with Crippen molar-refractivity contribution in [3.05, 3.63) is 47.2 Å². The van der Waals surface area contributed by atoms with Crippen LogP contribution < -0.4 is 0 Å². The first-order chi connectivity index (χ1) is 9.78. The first kappa shape index (κ1) is 14.8. The van der Waals surface area contributed by atoms with Gasteiger partial charge in [-0.2, -0.15) is 0 Å². The summed E-state index contributed by atoms with van der Waals surface area (Å²) in [6.45, 7) is 7.74. The molecule has 0 unspecified atom stereocenters. The molecule has 1 aromatic carbocycles. The van der Waals surface area contributed by atoms with Gasteiger partial charge in [0.1, 0.15) is 5.73 Å². The number of halogens is 1. The zero-order valence-electron chi connectivity index (χ0n) is 13.2. The number of fused-ring (bicyclic) bond motifs is 1. The van der Waals surface area contributed by atoms with Gasteiger partial charge >= 0.3 is 7.12 Å². The third-order valence-electron chi connectivity index (χ3n) is 4.96. The van der Waals surface area contributed by atoms with Crippen LogP contribution in [0.15, 0.2) is 36.1 Å². The van der Waals surface area contributed by atoms with Gasteiger partial charge in [-0.15, -0.1) is 0 Å². The van der Waals surface area contributed by atoms with Crippen molar-refractivity contribution < 1.29 is 13.7 Å². The molecule has 4 heteroatoms. The molecule has 21 heavy (non-hydrogen) atoms. The topological polar surface area (TPSA) is 18.5 Å². The zero-order valence-corrected chi connectivity index (χ0v) is 13.2. The fourth-order valence-electron chi connectivity index (χ4n) is 2.97. The molecule has 2 aliphatic rings. The van der Waals surface area contributed by atoms with E-state index in [1.54, 1.807) is 6.08 Å². The second kappa shape index (κ2) is 4.96. The Morgan fingerprint density at radius 2 is 1.57 bits per heavy atom. The van der Waals surface area contributed by atoms with Crippen LogP contribution in [0.4, 0.5) is 4.39 Å². The molecule has 3 rings (SSSR count). The SMILES string of the molecule is CC1(C)OB(C(F)=CC2Cc3ccccc3C2)OC1(C)C. The molecule has 112 valence electrons. The second-order valence-electron chi connectivity index (χ2n) is 7.08. The van der Waals surface area contributed by atoms with Crippen molar-refractivity contribution in [2.24, 2.45) is 5.92 Å². The lowest BCUT2D eigenvalue weighted by Crippen LogP contribution is -2.41. The number of hydrogen-bond acceptors (Lipinski definition) is 2. The highest BCUT2D eigenvalue weighted by Crippen LogP contribution is 2.39. The summed E-state index contributed by atoms with van der Waals surface area (Å²) >= 11 is 0. The summed E-state index contributed by atoms with van der Waals surface area (Å²) in [6.07, 6.45) is 3.47. The molecular formula is C17H22BFO2. The van der Waals surface area contributed by atoms with Crippen LogP contribution in [0.5, 0.6) is 0 Å². The second-order valence-corrected chi connectivity index (χ2v) is 7.08. The minimum Gasteiger partial charge on any atom is -0.398 e. The van der Waals surface area contributed by atoms with E-state index in [1.165, 1.54) is 11.1 Å². The predicted molar refractivity (Wildman–Crippen MR) is 82.6 cm³/mol. The standard InChI is InChI=1S/C17H22BFO2/c1-16(2)17(3,4)21-18(20-16)15(19)11-12-9-13-7-5-6-8-14(13)10-12/h5-8,11-12H,9-10H2,1-4H3. The van der Waals surface area contributed by atoms with E-state index in [-0.39, 0.29) is 11.6 Å². The summed E-state index contributed by atoms with van der Waals surface area (Å²) in [5, 5.41) is 0. The molecule has 1 saturated heterocycles. The van der Waals surface area contributed by atoms with Gasteiger partial charge in [-0.1, -0.05) is 30.3 Å². The Kier molecular flexibility index (Phi) is 3.49. The van der Waals surface area contributed by atoms with E-state index in [2.05, 4.69) is 12.1 Å².